The van der Waals surface area contributed by atoms with E-state index >= 15 is 0 Å². The molecule has 2 fully saturated rings. The van der Waals surface area contributed by atoms with Crippen LogP contribution in [-0.4, -0.2) is 38.1 Å². The van der Waals surface area contributed by atoms with E-state index in [0.717, 1.165) is 25.7 Å². The fraction of sp³-hybridized carbons (Fsp3) is 0.611. The summed E-state index contributed by atoms with van der Waals surface area (Å²) in [5.74, 6) is -0.872. The number of methoxy groups -OCH3 is 1. The Bertz CT molecular complexity index is 586. The van der Waals surface area contributed by atoms with Crippen LogP contribution in [0, 0.1) is 5.82 Å². The molecule has 24 heavy (non-hydrogen) atoms. The van der Waals surface area contributed by atoms with Gasteiger partial charge in [-0.1, -0.05) is 12.5 Å². The lowest BCUT2D eigenvalue weighted by Crippen LogP contribution is -2.37. The Morgan fingerprint density at radius 1 is 1.38 bits per heavy atom. The second-order valence-corrected chi connectivity index (χ2v) is 6.47. The minimum Gasteiger partial charge on any atom is -0.494 e. The molecule has 1 heterocycles. The van der Waals surface area contributed by atoms with Crippen molar-refractivity contribution in [2.75, 3.05) is 20.3 Å². The van der Waals surface area contributed by atoms with Gasteiger partial charge in [-0.3, -0.25) is 4.79 Å². The highest BCUT2D eigenvalue weighted by Gasteiger charge is 2.42. The number of hydrogen-bond acceptors (Lipinski definition) is 4. The number of halogens is 1. The molecule has 1 saturated heterocycles. The molecule has 132 valence electrons. The van der Waals surface area contributed by atoms with Crippen molar-refractivity contribution in [3.8, 4) is 5.75 Å². The summed E-state index contributed by atoms with van der Waals surface area (Å²) in [5.41, 5.74) is 0.609. The van der Waals surface area contributed by atoms with Crippen molar-refractivity contribution in [1.82, 2.24) is 5.32 Å². The number of hydrogen-bond donors (Lipinski definition) is 1. The van der Waals surface area contributed by atoms with Crippen molar-refractivity contribution < 1.29 is 23.4 Å². The monoisotopic (exact) mass is 337 g/mol. The Hall–Kier alpha value is -1.66. The van der Waals surface area contributed by atoms with Crippen LogP contribution in [0.3, 0.4) is 0 Å². The fourth-order valence-electron chi connectivity index (χ4n) is 3.37. The van der Waals surface area contributed by atoms with Gasteiger partial charge in [-0.05, 0) is 30.5 Å². The van der Waals surface area contributed by atoms with Crippen LogP contribution < -0.4 is 10.1 Å². The average molecular weight is 337 g/mol. The van der Waals surface area contributed by atoms with Gasteiger partial charge in [-0.25, -0.2) is 4.39 Å². The minimum absolute atomic E-state index is 0.111. The number of ether oxygens (including phenoxy) is 3. The Morgan fingerprint density at radius 3 is 2.88 bits per heavy atom. The molecule has 5 nitrogen and oxygen atoms in total. The van der Waals surface area contributed by atoms with Crippen LogP contribution in [0.1, 0.15) is 37.7 Å². The zero-order chi connectivity index (χ0) is 17.0. The van der Waals surface area contributed by atoms with Gasteiger partial charge < -0.3 is 19.5 Å². The van der Waals surface area contributed by atoms with E-state index in [-0.39, 0.29) is 24.2 Å². The highest BCUT2D eigenvalue weighted by atomic mass is 19.1. The third kappa shape index (κ3) is 4.05. The third-order valence-corrected chi connectivity index (χ3v) is 4.64. The number of amides is 1. The predicted octanol–water partition coefficient (Wildman–Crippen LogP) is 2.57. The van der Waals surface area contributed by atoms with Crippen LogP contribution >= 0.6 is 0 Å². The van der Waals surface area contributed by atoms with Crippen molar-refractivity contribution in [3.63, 3.8) is 0 Å². The predicted molar refractivity (Wildman–Crippen MR) is 86.3 cm³/mol. The van der Waals surface area contributed by atoms with Gasteiger partial charge in [-0.2, -0.15) is 0 Å². The maximum absolute atomic E-state index is 13.6. The molecule has 0 bridgehead atoms. The van der Waals surface area contributed by atoms with E-state index in [0.29, 0.717) is 18.7 Å². The van der Waals surface area contributed by atoms with E-state index in [1.54, 1.807) is 6.07 Å². The van der Waals surface area contributed by atoms with Crippen LogP contribution in [-0.2, 0) is 20.7 Å². The molecule has 0 aromatic heterocycles. The molecule has 1 aromatic carbocycles. The first kappa shape index (κ1) is 17.2. The second kappa shape index (κ2) is 7.49. The average Bonchev–Trinajstić information content (AvgIpc) is 2.96. The SMILES string of the molecule is COc1ccc(CC(=O)NCC2COC3(CCCCC3)O2)cc1F. The molecule has 1 atom stereocenters. The molecule has 1 unspecified atom stereocenters. The van der Waals surface area contributed by atoms with Crippen LogP contribution in [0.25, 0.3) is 0 Å². The molecule has 2 aliphatic rings. The van der Waals surface area contributed by atoms with Crippen molar-refractivity contribution in [2.24, 2.45) is 0 Å². The largest absolute Gasteiger partial charge is 0.494 e. The van der Waals surface area contributed by atoms with Crippen LogP contribution in [0.5, 0.6) is 5.75 Å². The highest BCUT2D eigenvalue weighted by molar-refractivity contribution is 5.78. The first-order valence-corrected chi connectivity index (χ1v) is 8.51. The number of nitrogens with one attached hydrogen (secondary N) is 1. The quantitative estimate of drug-likeness (QED) is 0.897. The Morgan fingerprint density at radius 2 is 2.17 bits per heavy atom. The Kier molecular flexibility index (Phi) is 5.36. The van der Waals surface area contributed by atoms with Crippen molar-refractivity contribution in [1.29, 1.82) is 0 Å². The van der Waals surface area contributed by atoms with E-state index < -0.39 is 11.6 Å². The van der Waals surface area contributed by atoms with Gasteiger partial charge in [-0.15, -0.1) is 0 Å². The number of carbonyl (C=O) groups excluding carboxylic acids is 1. The molecule has 1 spiro atoms. The lowest BCUT2D eigenvalue weighted by atomic mass is 9.94. The van der Waals surface area contributed by atoms with E-state index in [1.807, 2.05) is 0 Å². The summed E-state index contributed by atoms with van der Waals surface area (Å²) in [7, 11) is 1.41. The summed E-state index contributed by atoms with van der Waals surface area (Å²) >= 11 is 0. The minimum atomic E-state index is -0.463. The Labute approximate surface area is 141 Å². The number of benzene rings is 1. The van der Waals surface area contributed by atoms with Gasteiger partial charge in [0.1, 0.15) is 6.10 Å². The third-order valence-electron chi connectivity index (χ3n) is 4.64. The fourth-order valence-corrected chi connectivity index (χ4v) is 3.37. The zero-order valence-electron chi connectivity index (χ0n) is 14.0. The molecule has 3 rings (SSSR count). The molecule has 1 aliphatic heterocycles. The maximum Gasteiger partial charge on any atom is 0.224 e. The molecule has 1 aromatic rings. The van der Waals surface area contributed by atoms with Gasteiger partial charge in [0.2, 0.25) is 5.91 Å². The summed E-state index contributed by atoms with van der Waals surface area (Å²) in [6.07, 6.45) is 5.36. The summed E-state index contributed by atoms with van der Waals surface area (Å²) < 4.78 is 30.4. The van der Waals surface area contributed by atoms with Gasteiger partial charge in [0.25, 0.3) is 0 Å². The summed E-state index contributed by atoms with van der Waals surface area (Å²) in [6, 6.07) is 4.54. The zero-order valence-corrected chi connectivity index (χ0v) is 14.0. The van der Waals surface area contributed by atoms with Crippen molar-refractivity contribution >= 4 is 5.91 Å². The lowest BCUT2D eigenvalue weighted by Gasteiger charge is -2.31. The first-order chi connectivity index (χ1) is 11.6. The van der Waals surface area contributed by atoms with Crippen LogP contribution in [0.15, 0.2) is 18.2 Å². The molecule has 1 saturated carbocycles. The Balaban J connectivity index is 1.45. The van der Waals surface area contributed by atoms with Gasteiger partial charge in [0.05, 0.1) is 20.1 Å². The molecule has 6 heteroatoms. The summed E-state index contributed by atoms with van der Waals surface area (Å²) in [5, 5.41) is 2.85. The smallest absolute Gasteiger partial charge is 0.224 e. The lowest BCUT2D eigenvalue weighted by molar-refractivity contribution is -0.186. The topological polar surface area (TPSA) is 56.8 Å². The van der Waals surface area contributed by atoms with Gasteiger partial charge in [0, 0.05) is 19.4 Å². The number of rotatable bonds is 5. The normalized spacial score (nSPS) is 22.5. The summed E-state index contributed by atoms with van der Waals surface area (Å²) in [4.78, 5) is 12.0. The number of carbonyl (C=O) groups is 1. The molecular weight excluding hydrogens is 313 g/mol. The second-order valence-electron chi connectivity index (χ2n) is 6.47. The maximum atomic E-state index is 13.6. The summed E-state index contributed by atoms with van der Waals surface area (Å²) in [6.45, 7) is 0.927. The molecule has 1 aliphatic carbocycles. The van der Waals surface area contributed by atoms with E-state index in [4.69, 9.17) is 14.2 Å². The van der Waals surface area contributed by atoms with Gasteiger partial charge in [0.15, 0.2) is 17.4 Å². The first-order valence-electron chi connectivity index (χ1n) is 8.51. The molecule has 1 amide bonds. The van der Waals surface area contributed by atoms with Crippen LogP contribution in [0.4, 0.5) is 4.39 Å². The van der Waals surface area contributed by atoms with Crippen molar-refractivity contribution in [3.05, 3.63) is 29.6 Å². The van der Waals surface area contributed by atoms with Crippen LogP contribution in [0.2, 0.25) is 0 Å². The van der Waals surface area contributed by atoms with Crippen molar-refractivity contribution in [2.45, 2.75) is 50.4 Å². The molecule has 0 radical (unpaired) electrons. The standard InChI is InChI=1S/C18H24FNO4/c1-22-16-6-5-13(9-15(16)19)10-17(21)20-11-14-12-23-18(24-14)7-3-2-4-8-18/h5-6,9,14H,2-4,7-8,10-12H2,1H3,(H,20,21). The van der Waals surface area contributed by atoms with E-state index in [1.165, 1.54) is 25.7 Å². The van der Waals surface area contributed by atoms with Gasteiger partial charge >= 0.3 is 0 Å². The molecular formula is C18H24FNO4. The van der Waals surface area contributed by atoms with E-state index in [9.17, 15) is 9.18 Å². The van der Waals surface area contributed by atoms with E-state index in [2.05, 4.69) is 5.32 Å². The highest BCUT2D eigenvalue weighted by Crippen LogP contribution is 2.37. The molecule has 1 N–H and O–H groups in total.